The lowest BCUT2D eigenvalue weighted by Gasteiger charge is -2.26. The average molecular weight is 400 g/mol. The predicted molar refractivity (Wildman–Crippen MR) is 106 cm³/mol. The van der Waals surface area contributed by atoms with Crippen molar-refractivity contribution in [2.75, 3.05) is 20.5 Å². The number of fused-ring (bicyclic) bond motifs is 1. The third-order valence-corrected chi connectivity index (χ3v) is 4.36. The van der Waals surface area contributed by atoms with Crippen LogP contribution in [0.4, 0.5) is 0 Å². The number of aliphatic hydroxyl groups excluding tert-OH is 1. The molecule has 7 nitrogen and oxygen atoms in total. The van der Waals surface area contributed by atoms with Crippen LogP contribution in [-0.4, -0.2) is 37.7 Å². The molecule has 3 rings (SSSR count). The highest BCUT2D eigenvalue weighted by atomic mass is 16.7. The minimum absolute atomic E-state index is 0.0444. The first kappa shape index (κ1) is 20.5. The van der Waals surface area contributed by atoms with Gasteiger partial charge in [-0.2, -0.15) is 0 Å². The van der Waals surface area contributed by atoms with E-state index in [2.05, 4.69) is 0 Å². The Morgan fingerprint density at radius 1 is 1.17 bits per heavy atom. The smallest absolute Gasteiger partial charge is 0.303 e. The first-order chi connectivity index (χ1) is 14.0. The second-order valence-corrected chi connectivity index (χ2v) is 6.46. The van der Waals surface area contributed by atoms with E-state index in [1.54, 1.807) is 43.5 Å². The standard InChI is InChI=1S/C22H24O7/c1-14(28-19-8-6-16(5-4-10-23)11-20(19)25-3)22(29-15(2)24)17-7-9-18-21(12-17)27-13-26-18/h4-9,11-12,14,22-23H,10,13H2,1-3H3/b5-4+/t14-,22+/m1/s1. The largest absolute Gasteiger partial charge is 0.493 e. The Hall–Kier alpha value is -3.19. The maximum atomic E-state index is 11.7. The lowest BCUT2D eigenvalue weighted by molar-refractivity contribution is -0.151. The maximum Gasteiger partial charge on any atom is 0.303 e. The van der Waals surface area contributed by atoms with Crippen molar-refractivity contribution in [3.63, 3.8) is 0 Å². The van der Waals surface area contributed by atoms with Gasteiger partial charge in [-0.15, -0.1) is 0 Å². The van der Waals surface area contributed by atoms with E-state index in [0.717, 1.165) is 11.1 Å². The molecule has 2 atom stereocenters. The lowest BCUT2D eigenvalue weighted by atomic mass is 10.0. The summed E-state index contributed by atoms with van der Waals surface area (Å²) in [6, 6.07) is 10.8. The summed E-state index contributed by atoms with van der Waals surface area (Å²) in [6.45, 7) is 3.29. The van der Waals surface area contributed by atoms with Crippen LogP contribution in [-0.2, 0) is 9.53 Å². The fourth-order valence-corrected chi connectivity index (χ4v) is 3.04. The van der Waals surface area contributed by atoms with Crippen LogP contribution >= 0.6 is 0 Å². The summed E-state index contributed by atoms with van der Waals surface area (Å²) in [5, 5.41) is 8.93. The molecule has 0 aliphatic carbocycles. The average Bonchev–Trinajstić information content (AvgIpc) is 3.18. The zero-order chi connectivity index (χ0) is 20.8. The number of carbonyl (C=O) groups excluding carboxylic acids is 1. The summed E-state index contributed by atoms with van der Waals surface area (Å²) < 4.78 is 27.8. The molecule has 0 spiro atoms. The van der Waals surface area contributed by atoms with Crippen molar-refractivity contribution < 1.29 is 33.6 Å². The monoisotopic (exact) mass is 400 g/mol. The predicted octanol–water partition coefficient (Wildman–Crippen LogP) is 3.50. The van der Waals surface area contributed by atoms with Crippen LogP contribution in [0, 0.1) is 0 Å². The van der Waals surface area contributed by atoms with Gasteiger partial charge in [0.1, 0.15) is 6.10 Å². The molecule has 7 heteroatoms. The molecule has 0 aromatic heterocycles. The van der Waals surface area contributed by atoms with Crippen LogP contribution in [0.15, 0.2) is 42.5 Å². The highest BCUT2D eigenvalue weighted by molar-refractivity contribution is 5.66. The van der Waals surface area contributed by atoms with E-state index < -0.39 is 18.2 Å². The van der Waals surface area contributed by atoms with Gasteiger partial charge >= 0.3 is 5.97 Å². The van der Waals surface area contributed by atoms with E-state index in [1.807, 2.05) is 19.1 Å². The van der Waals surface area contributed by atoms with Crippen LogP contribution in [0.25, 0.3) is 6.08 Å². The summed E-state index contributed by atoms with van der Waals surface area (Å²) in [7, 11) is 1.55. The highest BCUT2D eigenvalue weighted by Crippen LogP contribution is 2.37. The summed E-state index contributed by atoms with van der Waals surface area (Å²) in [4.78, 5) is 11.7. The number of hydrogen-bond donors (Lipinski definition) is 1. The van der Waals surface area contributed by atoms with Gasteiger partial charge in [0.25, 0.3) is 0 Å². The highest BCUT2D eigenvalue weighted by Gasteiger charge is 2.27. The Morgan fingerprint density at radius 3 is 2.69 bits per heavy atom. The zero-order valence-corrected chi connectivity index (χ0v) is 16.6. The molecule has 0 fully saturated rings. The molecule has 0 bridgehead atoms. The van der Waals surface area contributed by atoms with E-state index >= 15 is 0 Å². The maximum absolute atomic E-state index is 11.7. The Morgan fingerprint density at radius 2 is 1.97 bits per heavy atom. The van der Waals surface area contributed by atoms with E-state index in [4.69, 9.17) is 28.8 Å². The van der Waals surface area contributed by atoms with Crippen molar-refractivity contribution in [1.29, 1.82) is 0 Å². The van der Waals surface area contributed by atoms with Crippen LogP contribution in [0.5, 0.6) is 23.0 Å². The van der Waals surface area contributed by atoms with Gasteiger partial charge < -0.3 is 28.8 Å². The molecule has 1 aliphatic rings. The van der Waals surface area contributed by atoms with Gasteiger partial charge in [0.15, 0.2) is 29.1 Å². The quantitative estimate of drug-likeness (QED) is 0.679. The number of aliphatic hydroxyl groups is 1. The lowest BCUT2D eigenvalue weighted by Crippen LogP contribution is -2.26. The number of hydrogen-bond acceptors (Lipinski definition) is 7. The Kier molecular flexibility index (Phi) is 6.61. The topological polar surface area (TPSA) is 83.5 Å². The fraction of sp³-hybridized carbons (Fsp3) is 0.318. The molecule has 0 saturated heterocycles. The van der Waals surface area contributed by atoms with Crippen molar-refractivity contribution in [1.82, 2.24) is 0 Å². The van der Waals surface area contributed by atoms with Gasteiger partial charge in [-0.05, 0) is 36.8 Å². The van der Waals surface area contributed by atoms with Gasteiger partial charge in [-0.1, -0.05) is 24.3 Å². The third kappa shape index (κ3) is 5.00. The molecular weight excluding hydrogens is 376 g/mol. The molecule has 0 radical (unpaired) electrons. The van der Waals surface area contributed by atoms with Crippen molar-refractivity contribution in [2.24, 2.45) is 0 Å². The van der Waals surface area contributed by atoms with E-state index in [9.17, 15) is 4.79 Å². The Bertz CT molecular complexity index is 891. The van der Waals surface area contributed by atoms with Crippen molar-refractivity contribution in [3.05, 3.63) is 53.6 Å². The molecule has 1 heterocycles. The van der Waals surface area contributed by atoms with Crippen molar-refractivity contribution in [3.8, 4) is 23.0 Å². The van der Waals surface area contributed by atoms with Crippen molar-refractivity contribution >= 4 is 12.0 Å². The molecule has 2 aromatic carbocycles. The van der Waals surface area contributed by atoms with Gasteiger partial charge in [-0.3, -0.25) is 4.79 Å². The Labute approximate surface area is 169 Å². The van der Waals surface area contributed by atoms with E-state index in [-0.39, 0.29) is 13.4 Å². The zero-order valence-electron chi connectivity index (χ0n) is 16.6. The Balaban J connectivity index is 1.84. The summed E-state index contributed by atoms with van der Waals surface area (Å²) in [5.74, 6) is 1.88. The summed E-state index contributed by atoms with van der Waals surface area (Å²) in [5.41, 5.74) is 1.60. The molecule has 2 aromatic rings. The van der Waals surface area contributed by atoms with Gasteiger partial charge in [0.05, 0.1) is 13.7 Å². The normalized spacial score (nSPS) is 14.5. The van der Waals surface area contributed by atoms with Crippen LogP contribution in [0.2, 0.25) is 0 Å². The summed E-state index contributed by atoms with van der Waals surface area (Å²) in [6.07, 6.45) is 2.26. The number of benzene rings is 2. The second-order valence-electron chi connectivity index (χ2n) is 6.46. The second kappa shape index (κ2) is 9.34. The van der Waals surface area contributed by atoms with Crippen molar-refractivity contribution in [2.45, 2.75) is 26.1 Å². The van der Waals surface area contributed by atoms with E-state index in [0.29, 0.717) is 23.0 Å². The molecule has 0 unspecified atom stereocenters. The minimum Gasteiger partial charge on any atom is -0.493 e. The van der Waals surface area contributed by atoms with Gasteiger partial charge in [0.2, 0.25) is 6.79 Å². The van der Waals surface area contributed by atoms with Crippen LogP contribution in [0.1, 0.15) is 31.1 Å². The number of carbonyl (C=O) groups is 1. The number of methoxy groups -OCH3 is 1. The first-order valence-corrected chi connectivity index (χ1v) is 9.20. The van der Waals surface area contributed by atoms with Gasteiger partial charge in [-0.25, -0.2) is 0 Å². The van der Waals surface area contributed by atoms with Gasteiger partial charge in [0, 0.05) is 12.5 Å². The minimum atomic E-state index is -0.652. The molecular formula is C22H24O7. The molecule has 154 valence electrons. The van der Waals surface area contributed by atoms with E-state index in [1.165, 1.54) is 6.92 Å². The van der Waals surface area contributed by atoms with Crippen LogP contribution in [0.3, 0.4) is 0 Å². The molecule has 1 aliphatic heterocycles. The summed E-state index contributed by atoms with van der Waals surface area (Å²) >= 11 is 0. The SMILES string of the molecule is COc1cc(/C=C/CO)ccc1O[C@H](C)[C@H](OC(C)=O)c1ccc2c(c1)OCO2. The molecule has 29 heavy (non-hydrogen) atoms. The fourth-order valence-electron chi connectivity index (χ4n) is 3.04. The number of esters is 1. The van der Waals surface area contributed by atoms with Crippen LogP contribution < -0.4 is 18.9 Å². The number of ether oxygens (including phenoxy) is 5. The number of rotatable bonds is 8. The molecule has 1 N–H and O–H groups in total. The first-order valence-electron chi connectivity index (χ1n) is 9.20. The molecule has 0 amide bonds. The third-order valence-electron chi connectivity index (χ3n) is 4.36. The molecule has 0 saturated carbocycles.